The Balaban J connectivity index is 1.81. The van der Waals surface area contributed by atoms with Gasteiger partial charge in [-0.15, -0.1) is 10.2 Å². The average molecular weight is 388 g/mol. The molecule has 0 fully saturated rings. The monoisotopic (exact) mass is 388 g/mol. The first-order valence-electron chi connectivity index (χ1n) is 8.59. The molecular weight excluding hydrogens is 372 g/mol. The highest BCUT2D eigenvalue weighted by atomic mass is 32.2. The van der Waals surface area contributed by atoms with Crippen LogP contribution in [0.2, 0.25) is 0 Å². The second-order valence-electron chi connectivity index (χ2n) is 5.97. The number of hydrogen-bond acceptors (Lipinski definition) is 5. The molecule has 28 heavy (non-hydrogen) atoms. The molecule has 6 nitrogen and oxygen atoms in total. The Labute approximate surface area is 165 Å². The number of nitrogens with zero attached hydrogens (tertiary/aromatic N) is 4. The lowest BCUT2D eigenvalue weighted by Crippen LogP contribution is -2.09. The molecule has 1 atom stereocenters. The van der Waals surface area contributed by atoms with Crippen molar-refractivity contribution in [3.63, 3.8) is 0 Å². The van der Waals surface area contributed by atoms with E-state index >= 15 is 0 Å². The van der Waals surface area contributed by atoms with E-state index in [4.69, 9.17) is 0 Å². The molecule has 0 bridgehead atoms. The van der Waals surface area contributed by atoms with Crippen LogP contribution < -0.4 is 0 Å². The third-order valence-electron chi connectivity index (χ3n) is 4.12. The molecule has 0 saturated heterocycles. The summed E-state index contributed by atoms with van der Waals surface area (Å²) in [5, 5.41) is 18.1. The molecule has 0 saturated carbocycles. The van der Waals surface area contributed by atoms with Crippen molar-refractivity contribution in [3.05, 3.63) is 90.8 Å². The maximum absolute atomic E-state index is 11.9. The van der Waals surface area contributed by atoms with Crippen LogP contribution in [-0.4, -0.2) is 30.8 Å². The first-order valence-corrected chi connectivity index (χ1v) is 9.47. The molecular formula is C21H16N4O2S. The summed E-state index contributed by atoms with van der Waals surface area (Å²) in [4.78, 5) is 16.1. The predicted molar refractivity (Wildman–Crippen MR) is 107 cm³/mol. The van der Waals surface area contributed by atoms with E-state index in [2.05, 4.69) is 15.2 Å². The molecule has 2 heterocycles. The van der Waals surface area contributed by atoms with Gasteiger partial charge in [-0.25, -0.2) is 0 Å². The molecule has 7 heteroatoms. The van der Waals surface area contributed by atoms with Gasteiger partial charge in [0, 0.05) is 23.6 Å². The highest BCUT2D eigenvalue weighted by Gasteiger charge is 2.26. The second kappa shape index (κ2) is 8.06. The third-order valence-corrected chi connectivity index (χ3v) is 5.30. The van der Waals surface area contributed by atoms with E-state index in [1.807, 2.05) is 65.2 Å². The van der Waals surface area contributed by atoms with Crippen LogP contribution in [-0.2, 0) is 4.79 Å². The van der Waals surface area contributed by atoms with Crippen LogP contribution in [0.1, 0.15) is 10.8 Å². The van der Waals surface area contributed by atoms with Gasteiger partial charge in [0.1, 0.15) is 5.25 Å². The number of hydrogen-bond donors (Lipinski definition) is 1. The number of pyridine rings is 1. The Morgan fingerprint density at radius 1 is 0.929 bits per heavy atom. The van der Waals surface area contributed by atoms with Gasteiger partial charge in [0.25, 0.3) is 0 Å². The van der Waals surface area contributed by atoms with Crippen LogP contribution in [0.5, 0.6) is 0 Å². The van der Waals surface area contributed by atoms with Crippen molar-refractivity contribution < 1.29 is 9.90 Å². The summed E-state index contributed by atoms with van der Waals surface area (Å²) in [6.45, 7) is 0. The topological polar surface area (TPSA) is 80.9 Å². The van der Waals surface area contributed by atoms with Crippen molar-refractivity contribution in [1.29, 1.82) is 0 Å². The fourth-order valence-corrected chi connectivity index (χ4v) is 3.82. The van der Waals surface area contributed by atoms with E-state index in [1.54, 1.807) is 24.5 Å². The van der Waals surface area contributed by atoms with E-state index in [9.17, 15) is 9.90 Å². The molecule has 4 aromatic rings. The van der Waals surface area contributed by atoms with E-state index in [-0.39, 0.29) is 0 Å². The molecule has 0 spiro atoms. The Kier molecular flexibility index (Phi) is 5.16. The fraction of sp³-hybridized carbons (Fsp3) is 0.0476. The van der Waals surface area contributed by atoms with Crippen molar-refractivity contribution >= 4 is 17.7 Å². The predicted octanol–water partition coefficient (Wildman–Crippen LogP) is 4.25. The average Bonchev–Trinajstić information content (AvgIpc) is 3.17. The van der Waals surface area contributed by atoms with Crippen molar-refractivity contribution in [1.82, 2.24) is 19.7 Å². The Hall–Kier alpha value is -3.45. The number of aromatic nitrogens is 4. The first kappa shape index (κ1) is 17.9. The number of para-hydroxylation sites is 1. The Morgan fingerprint density at radius 2 is 1.64 bits per heavy atom. The summed E-state index contributed by atoms with van der Waals surface area (Å²) in [5.41, 5.74) is 2.36. The minimum atomic E-state index is -0.929. The zero-order valence-corrected chi connectivity index (χ0v) is 15.5. The zero-order valence-electron chi connectivity index (χ0n) is 14.7. The molecule has 4 rings (SSSR count). The second-order valence-corrected chi connectivity index (χ2v) is 7.04. The molecule has 138 valence electrons. The number of benzene rings is 2. The Morgan fingerprint density at radius 3 is 2.29 bits per heavy atom. The Bertz CT molecular complexity index is 1070. The number of rotatable bonds is 6. The number of carboxylic acid groups (broad SMARTS) is 1. The van der Waals surface area contributed by atoms with Gasteiger partial charge in [-0.05, 0) is 29.8 Å². The van der Waals surface area contributed by atoms with Crippen molar-refractivity contribution in [2.45, 2.75) is 10.4 Å². The van der Waals surface area contributed by atoms with Gasteiger partial charge < -0.3 is 5.11 Å². The van der Waals surface area contributed by atoms with Crippen molar-refractivity contribution in [3.8, 4) is 17.1 Å². The molecule has 0 aliphatic rings. The minimum absolute atomic E-state index is 0.501. The summed E-state index contributed by atoms with van der Waals surface area (Å²) in [6, 6.07) is 22.5. The lowest BCUT2D eigenvalue weighted by Gasteiger charge is -2.14. The van der Waals surface area contributed by atoms with Crippen LogP contribution in [0.25, 0.3) is 17.1 Å². The van der Waals surface area contributed by atoms with Gasteiger partial charge >= 0.3 is 5.97 Å². The third kappa shape index (κ3) is 3.65. The molecule has 0 radical (unpaired) electrons. The van der Waals surface area contributed by atoms with Gasteiger partial charge in [-0.3, -0.25) is 14.3 Å². The molecule has 1 N–H and O–H groups in total. The van der Waals surface area contributed by atoms with Gasteiger partial charge in [0.2, 0.25) is 0 Å². The van der Waals surface area contributed by atoms with Gasteiger partial charge in [0.05, 0.1) is 0 Å². The summed E-state index contributed by atoms with van der Waals surface area (Å²) >= 11 is 1.16. The van der Waals surface area contributed by atoms with Crippen LogP contribution in [0.15, 0.2) is 90.3 Å². The minimum Gasteiger partial charge on any atom is -0.480 e. The standard InChI is InChI=1S/C21H16N4O2S/c26-20(27)18(15-8-3-1-4-9-15)28-21-24-23-19(16-10-7-13-22-14-16)25(21)17-11-5-2-6-12-17/h1-14,18H,(H,26,27). The molecule has 2 aromatic carbocycles. The molecule has 1 unspecified atom stereocenters. The van der Waals surface area contributed by atoms with Crippen LogP contribution in [0.3, 0.4) is 0 Å². The molecule has 0 aliphatic heterocycles. The quantitative estimate of drug-likeness (QED) is 0.498. The maximum atomic E-state index is 11.9. The fourth-order valence-electron chi connectivity index (χ4n) is 2.83. The highest BCUT2D eigenvalue weighted by molar-refractivity contribution is 8.00. The number of carbonyl (C=O) groups is 1. The largest absolute Gasteiger partial charge is 0.480 e. The molecule has 0 aliphatic carbocycles. The lowest BCUT2D eigenvalue weighted by atomic mass is 10.1. The van der Waals surface area contributed by atoms with Crippen LogP contribution >= 0.6 is 11.8 Å². The van der Waals surface area contributed by atoms with Gasteiger partial charge in [-0.2, -0.15) is 0 Å². The lowest BCUT2D eigenvalue weighted by molar-refractivity contribution is -0.136. The van der Waals surface area contributed by atoms with E-state index in [1.165, 1.54) is 0 Å². The number of thioether (sulfide) groups is 1. The summed E-state index contributed by atoms with van der Waals surface area (Å²) in [6.07, 6.45) is 3.40. The number of aliphatic carboxylic acids is 1. The summed E-state index contributed by atoms with van der Waals surface area (Å²) < 4.78 is 1.86. The van der Waals surface area contributed by atoms with Crippen molar-refractivity contribution in [2.75, 3.05) is 0 Å². The van der Waals surface area contributed by atoms with E-state index in [0.717, 1.165) is 23.0 Å². The molecule has 2 aromatic heterocycles. The smallest absolute Gasteiger partial charge is 0.321 e. The SMILES string of the molecule is O=C(O)C(Sc1nnc(-c2cccnc2)n1-c1ccccc1)c1ccccc1. The van der Waals surface area contributed by atoms with Gasteiger partial charge in [0.15, 0.2) is 11.0 Å². The van der Waals surface area contributed by atoms with Crippen LogP contribution in [0.4, 0.5) is 0 Å². The summed E-state index contributed by atoms with van der Waals surface area (Å²) in [5.74, 6) is -0.319. The van der Waals surface area contributed by atoms with Crippen LogP contribution in [0, 0.1) is 0 Å². The molecule has 0 amide bonds. The van der Waals surface area contributed by atoms with Gasteiger partial charge in [-0.1, -0.05) is 60.3 Å². The number of carboxylic acids is 1. The van der Waals surface area contributed by atoms with E-state index in [0.29, 0.717) is 16.5 Å². The normalized spacial score (nSPS) is 11.9. The van der Waals surface area contributed by atoms with E-state index < -0.39 is 11.2 Å². The summed E-state index contributed by atoms with van der Waals surface area (Å²) in [7, 11) is 0. The first-order chi connectivity index (χ1) is 13.7. The zero-order chi connectivity index (χ0) is 19.3. The highest BCUT2D eigenvalue weighted by Crippen LogP contribution is 2.37. The maximum Gasteiger partial charge on any atom is 0.321 e. The van der Waals surface area contributed by atoms with Crippen molar-refractivity contribution in [2.24, 2.45) is 0 Å².